The summed E-state index contributed by atoms with van der Waals surface area (Å²) in [7, 11) is 0. The molecule has 18 heavy (non-hydrogen) atoms. The van der Waals surface area contributed by atoms with Crippen LogP contribution in [0.2, 0.25) is 0 Å². The van der Waals surface area contributed by atoms with Crippen LogP contribution in [0.1, 0.15) is 17.5 Å². The number of anilines is 1. The van der Waals surface area contributed by atoms with Gasteiger partial charge in [-0.3, -0.25) is 4.79 Å². The van der Waals surface area contributed by atoms with Crippen molar-refractivity contribution in [2.75, 3.05) is 5.32 Å². The van der Waals surface area contributed by atoms with Gasteiger partial charge < -0.3 is 16.2 Å². The third-order valence-corrected chi connectivity index (χ3v) is 3.16. The summed E-state index contributed by atoms with van der Waals surface area (Å²) in [5, 5.41) is 12.7. The molecule has 1 aromatic carbocycles. The van der Waals surface area contributed by atoms with E-state index in [0.717, 1.165) is 11.1 Å². The summed E-state index contributed by atoms with van der Waals surface area (Å²) in [5.41, 5.74) is 7.94. The summed E-state index contributed by atoms with van der Waals surface area (Å²) in [6.07, 6.45) is 4.28. The maximum absolute atomic E-state index is 12.0. The molecule has 1 amide bonds. The maximum atomic E-state index is 12.0. The molecule has 1 aliphatic carbocycles. The van der Waals surface area contributed by atoms with Gasteiger partial charge in [-0.05, 0) is 37.5 Å². The third kappa shape index (κ3) is 2.54. The molecule has 0 radical (unpaired) electrons. The fourth-order valence-electron chi connectivity index (χ4n) is 2.20. The van der Waals surface area contributed by atoms with Crippen LogP contribution in [0.15, 0.2) is 24.3 Å². The molecule has 2 rings (SSSR count). The summed E-state index contributed by atoms with van der Waals surface area (Å²) in [6.45, 7) is 3.73. The number of phenolic OH excluding ortho intramolecular Hbond substituents is 1. The standard InChI is InChI=1S/C14H18N2O2/c1-8-5-9(2)13(17)12(6-8)16-14(18)10-3-4-11(15)7-10/h3-6,10-11,17H,7,15H2,1-2H3,(H,16,18). The Labute approximate surface area is 107 Å². The normalized spacial score (nSPS) is 22.2. The molecule has 4 heteroatoms. The van der Waals surface area contributed by atoms with Crippen molar-refractivity contribution in [1.82, 2.24) is 0 Å². The van der Waals surface area contributed by atoms with Crippen LogP contribution in [0.5, 0.6) is 5.75 Å². The molecule has 4 N–H and O–H groups in total. The van der Waals surface area contributed by atoms with E-state index < -0.39 is 0 Å². The minimum absolute atomic E-state index is 0.0476. The molecule has 0 fully saturated rings. The molecule has 0 saturated carbocycles. The van der Waals surface area contributed by atoms with Gasteiger partial charge in [0.2, 0.25) is 5.91 Å². The Morgan fingerprint density at radius 3 is 2.72 bits per heavy atom. The van der Waals surface area contributed by atoms with Crippen molar-refractivity contribution >= 4 is 11.6 Å². The van der Waals surface area contributed by atoms with E-state index in [-0.39, 0.29) is 23.6 Å². The fourth-order valence-corrected chi connectivity index (χ4v) is 2.20. The number of hydrogen-bond donors (Lipinski definition) is 3. The summed E-state index contributed by atoms with van der Waals surface area (Å²) in [4.78, 5) is 12.0. The molecule has 4 nitrogen and oxygen atoms in total. The summed E-state index contributed by atoms with van der Waals surface area (Å²) in [6, 6.07) is 3.59. The van der Waals surface area contributed by atoms with E-state index in [2.05, 4.69) is 5.32 Å². The highest BCUT2D eigenvalue weighted by Gasteiger charge is 2.23. The molecule has 0 spiro atoms. The molecule has 0 heterocycles. The molecular weight excluding hydrogens is 228 g/mol. The summed E-state index contributed by atoms with van der Waals surface area (Å²) >= 11 is 0. The second-order valence-electron chi connectivity index (χ2n) is 4.86. The van der Waals surface area contributed by atoms with Gasteiger partial charge in [0.15, 0.2) is 0 Å². The third-order valence-electron chi connectivity index (χ3n) is 3.16. The Bertz CT molecular complexity index is 509. The van der Waals surface area contributed by atoms with Crippen molar-refractivity contribution in [2.24, 2.45) is 11.7 Å². The van der Waals surface area contributed by atoms with Crippen LogP contribution in [-0.4, -0.2) is 17.1 Å². The molecule has 0 bridgehead atoms. The molecule has 2 atom stereocenters. The lowest BCUT2D eigenvalue weighted by Gasteiger charge is -2.13. The Hall–Kier alpha value is -1.81. The quantitative estimate of drug-likeness (QED) is 0.550. The molecule has 1 aliphatic rings. The summed E-state index contributed by atoms with van der Waals surface area (Å²) < 4.78 is 0. The van der Waals surface area contributed by atoms with Gasteiger partial charge in [0.05, 0.1) is 11.6 Å². The van der Waals surface area contributed by atoms with Crippen LogP contribution in [0.25, 0.3) is 0 Å². The number of nitrogens with two attached hydrogens (primary N) is 1. The van der Waals surface area contributed by atoms with Gasteiger partial charge >= 0.3 is 0 Å². The number of nitrogens with one attached hydrogen (secondary N) is 1. The summed E-state index contributed by atoms with van der Waals surface area (Å²) in [5.74, 6) is -0.208. The first-order chi connectivity index (χ1) is 8.47. The lowest BCUT2D eigenvalue weighted by Crippen LogP contribution is -2.24. The second kappa shape index (κ2) is 4.82. The van der Waals surface area contributed by atoms with Gasteiger partial charge in [-0.1, -0.05) is 18.2 Å². The number of aryl methyl sites for hydroxylation is 2. The maximum Gasteiger partial charge on any atom is 0.231 e. The van der Waals surface area contributed by atoms with Crippen LogP contribution in [0.4, 0.5) is 5.69 Å². The van der Waals surface area contributed by atoms with Crippen molar-refractivity contribution in [1.29, 1.82) is 0 Å². The number of amides is 1. The molecular formula is C14H18N2O2. The van der Waals surface area contributed by atoms with Crippen LogP contribution in [-0.2, 0) is 4.79 Å². The molecule has 1 aromatic rings. The largest absolute Gasteiger partial charge is 0.505 e. The number of aromatic hydroxyl groups is 1. The smallest absolute Gasteiger partial charge is 0.231 e. The van der Waals surface area contributed by atoms with Crippen molar-refractivity contribution in [3.05, 3.63) is 35.4 Å². The number of carbonyl (C=O) groups is 1. The highest BCUT2D eigenvalue weighted by molar-refractivity contribution is 5.95. The van der Waals surface area contributed by atoms with E-state index in [0.29, 0.717) is 12.1 Å². The van der Waals surface area contributed by atoms with Crippen LogP contribution >= 0.6 is 0 Å². The van der Waals surface area contributed by atoms with E-state index in [4.69, 9.17) is 5.73 Å². The Morgan fingerprint density at radius 1 is 1.39 bits per heavy atom. The SMILES string of the molecule is Cc1cc(C)c(O)c(NC(=O)C2C=CC(N)C2)c1. The van der Waals surface area contributed by atoms with Gasteiger partial charge in [0.25, 0.3) is 0 Å². The molecule has 2 unspecified atom stereocenters. The average Bonchev–Trinajstić information content (AvgIpc) is 2.72. The predicted molar refractivity (Wildman–Crippen MR) is 71.4 cm³/mol. The topological polar surface area (TPSA) is 75.3 Å². The minimum Gasteiger partial charge on any atom is -0.505 e. The van der Waals surface area contributed by atoms with Crippen molar-refractivity contribution in [3.63, 3.8) is 0 Å². The van der Waals surface area contributed by atoms with Crippen LogP contribution < -0.4 is 11.1 Å². The fraction of sp³-hybridized carbons (Fsp3) is 0.357. The molecule has 96 valence electrons. The number of benzene rings is 1. The van der Waals surface area contributed by atoms with Crippen molar-refractivity contribution < 1.29 is 9.90 Å². The van der Waals surface area contributed by atoms with Gasteiger partial charge in [0.1, 0.15) is 5.75 Å². The van der Waals surface area contributed by atoms with Crippen molar-refractivity contribution in [3.8, 4) is 5.75 Å². The molecule has 0 aliphatic heterocycles. The lowest BCUT2D eigenvalue weighted by molar-refractivity contribution is -0.118. The number of phenols is 1. The van der Waals surface area contributed by atoms with E-state index in [9.17, 15) is 9.90 Å². The van der Waals surface area contributed by atoms with Crippen molar-refractivity contribution in [2.45, 2.75) is 26.3 Å². The molecule has 0 saturated heterocycles. The second-order valence-corrected chi connectivity index (χ2v) is 4.86. The van der Waals surface area contributed by atoms with E-state index >= 15 is 0 Å². The Kier molecular flexibility index (Phi) is 3.39. The highest BCUT2D eigenvalue weighted by Crippen LogP contribution is 2.29. The minimum atomic E-state index is -0.208. The van der Waals surface area contributed by atoms with Gasteiger partial charge in [-0.25, -0.2) is 0 Å². The number of rotatable bonds is 2. The van der Waals surface area contributed by atoms with E-state index in [1.807, 2.05) is 32.1 Å². The first kappa shape index (κ1) is 12.6. The Balaban J connectivity index is 2.15. The Morgan fingerprint density at radius 2 is 2.11 bits per heavy atom. The van der Waals surface area contributed by atoms with Crippen LogP contribution in [0, 0.1) is 19.8 Å². The lowest BCUT2D eigenvalue weighted by atomic mass is 10.1. The number of hydrogen-bond acceptors (Lipinski definition) is 3. The first-order valence-corrected chi connectivity index (χ1v) is 6.02. The van der Waals surface area contributed by atoms with Gasteiger partial charge in [-0.15, -0.1) is 0 Å². The van der Waals surface area contributed by atoms with Gasteiger partial charge in [-0.2, -0.15) is 0 Å². The van der Waals surface area contributed by atoms with E-state index in [1.54, 1.807) is 6.07 Å². The average molecular weight is 246 g/mol. The predicted octanol–water partition coefficient (Wildman–Crippen LogP) is 1.85. The zero-order valence-electron chi connectivity index (χ0n) is 10.6. The van der Waals surface area contributed by atoms with Crippen LogP contribution in [0.3, 0.4) is 0 Å². The highest BCUT2D eigenvalue weighted by atomic mass is 16.3. The zero-order chi connectivity index (χ0) is 13.3. The first-order valence-electron chi connectivity index (χ1n) is 6.02. The van der Waals surface area contributed by atoms with E-state index in [1.165, 1.54) is 0 Å². The number of carbonyl (C=O) groups excluding carboxylic acids is 1. The van der Waals surface area contributed by atoms with Gasteiger partial charge in [0, 0.05) is 6.04 Å². The zero-order valence-corrected chi connectivity index (χ0v) is 10.6. The molecule has 0 aromatic heterocycles. The monoisotopic (exact) mass is 246 g/mol.